The quantitative estimate of drug-likeness (QED) is 0.711. The maximum absolute atomic E-state index is 12.0. The summed E-state index contributed by atoms with van der Waals surface area (Å²) in [7, 11) is 0. The molecule has 4 atom stereocenters. The predicted octanol–water partition coefficient (Wildman–Crippen LogP) is 1.66. The second kappa shape index (κ2) is 5.24. The van der Waals surface area contributed by atoms with Crippen LogP contribution in [0, 0.1) is 5.92 Å². The summed E-state index contributed by atoms with van der Waals surface area (Å²) in [6.07, 6.45) is 5.25. The summed E-state index contributed by atoms with van der Waals surface area (Å²) in [5.74, 6) is 0.702. The van der Waals surface area contributed by atoms with Crippen LogP contribution in [0.3, 0.4) is 0 Å². The number of phenols is 1. The standard InChI is InChI=1S/C20H23NO5/c21-9-6-15(23)25-14-5-8-20(24)12-2-1-7-19(20)16-11(10-12)3-4-13(22)17(16)26-18(14)19/h3-5,12,18,22,24H,1-2,6-10,21H2/t12-,18+,19+,20-/m1/s1. The molecule has 6 nitrogen and oxygen atoms in total. The minimum atomic E-state index is -0.939. The van der Waals surface area contributed by atoms with Crippen LogP contribution in [0.1, 0.15) is 43.2 Å². The first-order valence-corrected chi connectivity index (χ1v) is 9.36. The van der Waals surface area contributed by atoms with Gasteiger partial charge in [0.05, 0.1) is 17.4 Å². The SMILES string of the molecule is NCCC(=O)OC1=CC[C@@]2(O)[C@@H]3CCC[C@@]24c2c(ccc(O)c2O[C@@H]14)C3. The number of nitrogens with two attached hydrogens (primary N) is 1. The lowest BCUT2D eigenvalue weighted by atomic mass is 9.47. The fourth-order valence-corrected chi connectivity index (χ4v) is 5.83. The van der Waals surface area contributed by atoms with Crippen LogP contribution < -0.4 is 10.5 Å². The Morgan fingerprint density at radius 3 is 3.08 bits per heavy atom. The molecule has 138 valence electrons. The maximum atomic E-state index is 12.0. The molecule has 0 unspecified atom stereocenters. The van der Waals surface area contributed by atoms with Gasteiger partial charge in [0.2, 0.25) is 0 Å². The number of rotatable bonds is 3. The van der Waals surface area contributed by atoms with E-state index >= 15 is 0 Å². The van der Waals surface area contributed by atoms with Crippen molar-refractivity contribution < 1.29 is 24.5 Å². The highest BCUT2D eigenvalue weighted by Gasteiger charge is 2.70. The molecule has 1 aliphatic heterocycles. The topological polar surface area (TPSA) is 102 Å². The molecule has 0 radical (unpaired) electrons. The van der Waals surface area contributed by atoms with Crippen LogP contribution >= 0.6 is 0 Å². The normalized spacial score (nSPS) is 36.0. The molecule has 26 heavy (non-hydrogen) atoms. The Bertz CT molecular complexity index is 834. The second-order valence-corrected chi connectivity index (χ2v) is 7.96. The van der Waals surface area contributed by atoms with E-state index < -0.39 is 23.1 Å². The Balaban J connectivity index is 1.68. The fourth-order valence-electron chi connectivity index (χ4n) is 5.83. The highest BCUT2D eigenvalue weighted by atomic mass is 16.6. The number of aromatic hydroxyl groups is 1. The molecule has 3 aliphatic carbocycles. The van der Waals surface area contributed by atoms with Gasteiger partial charge in [0.15, 0.2) is 17.6 Å². The zero-order valence-corrected chi connectivity index (χ0v) is 14.5. The van der Waals surface area contributed by atoms with Crippen molar-refractivity contribution in [3.05, 3.63) is 35.1 Å². The van der Waals surface area contributed by atoms with Gasteiger partial charge in [-0.1, -0.05) is 12.5 Å². The Labute approximate surface area is 151 Å². The lowest BCUT2D eigenvalue weighted by Crippen LogP contribution is -2.67. The number of benzene rings is 1. The molecule has 0 saturated heterocycles. The minimum Gasteiger partial charge on any atom is -0.504 e. The molecule has 4 aliphatic rings. The van der Waals surface area contributed by atoms with Crippen LogP contribution in [-0.2, 0) is 21.4 Å². The molecule has 4 N–H and O–H groups in total. The van der Waals surface area contributed by atoms with Gasteiger partial charge in [-0.05, 0) is 49.3 Å². The van der Waals surface area contributed by atoms with Crippen LogP contribution in [-0.4, -0.2) is 34.4 Å². The largest absolute Gasteiger partial charge is 0.504 e. The number of carbonyl (C=O) groups is 1. The summed E-state index contributed by atoms with van der Waals surface area (Å²) in [6, 6.07) is 3.60. The molecular formula is C20H23NO5. The zero-order chi connectivity index (χ0) is 18.1. The highest BCUT2D eigenvalue weighted by molar-refractivity contribution is 5.72. The van der Waals surface area contributed by atoms with Gasteiger partial charge in [-0.25, -0.2) is 0 Å². The van der Waals surface area contributed by atoms with E-state index in [-0.39, 0.29) is 24.6 Å². The minimum absolute atomic E-state index is 0.0755. The number of phenolic OH excluding ortho intramolecular Hbond substituents is 1. The van der Waals surface area contributed by atoms with E-state index in [0.717, 1.165) is 36.8 Å². The first kappa shape index (κ1) is 16.1. The maximum Gasteiger partial charge on any atom is 0.312 e. The van der Waals surface area contributed by atoms with Gasteiger partial charge in [0, 0.05) is 12.1 Å². The van der Waals surface area contributed by atoms with E-state index in [1.54, 1.807) is 12.1 Å². The van der Waals surface area contributed by atoms with Gasteiger partial charge in [-0.2, -0.15) is 0 Å². The third-order valence-electron chi connectivity index (χ3n) is 6.84. The van der Waals surface area contributed by atoms with Crippen LogP contribution in [0.25, 0.3) is 0 Å². The highest BCUT2D eigenvalue weighted by Crippen LogP contribution is 2.67. The van der Waals surface area contributed by atoms with E-state index in [1.165, 1.54) is 0 Å². The molecule has 1 heterocycles. The molecule has 1 aromatic carbocycles. The van der Waals surface area contributed by atoms with Crippen molar-refractivity contribution in [2.24, 2.45) is 11.7 Å². The number of aliphatic hydroxyl groups is 1. The summed E-state index contributed by atoms with van der Waals surface area (Å²) >= 11 is 0. The van der Waals surface area contributed by atoms with Gasteiger partial charge in [-0.15, -0.1) is 0 Å². The third kappa shape index (κ3) is 1.76. The van der Waals surface area contributed by atoms with Crippen molar-refractivity contribution >= 4 is 5.97 Å². The number of esters is 1. The van der Waals surface area contributed by atoms with Crippen molar-refractivity contribution in [2.75, 3.05) is 6.54 Å². The number of ether oxygens (including phenoxy) is 2. The average Bonchev–Trinajstić information content (AvgIpc) is 2.94. The third-order valence-corrected chi connectivity index (χ3v) is 6.84. The van der Waals surface area contributed by atoms with Crippen LogP contribution in [0.15, 0.2) is 24.0 Å². The van der Waals surface area contributed by atoms with Crippen molar-refractivity contribution in [1.29, 1.82) is 0 Å². The van der Waals surface area contributed by atoms with E-state index in [0.29, 0.717) is 17.9 Å². The van der Waals surface area contributed by atoms with Crippen LogP contribution in [0.5, 0.6) is 11.5 Å². The van der Waals surface area contributed by atoms with Gasteiger partial charge in [-0.3, -0.25) is 4.79 Å². The molecule has 1 fully saturated rings. The van der Waals surface area contributed by atoms with Crippen molar-refractivity contribution in [1.82, 2.24) is 0 Å². The molecule has 0 aromatic heterocycles. The van der Waals surface area contributed by atoms with Gasteiger partial charge in [0.25, 0.3) is 0 Å². The van der Waals surface area contributed by atoms with E-state index in [1.807, 2.05) is 6.07 Å². The van der Waals surface area contributed by atoms with Crippen LogP contribution in [0.4, 0.5) is 0 Å². The monoisotopic (exact) mass is 357 g/mol. The molecule has 1 saturated carbocycles. The lowest BCUT2D eigenvalue weighted by molar-refractivity contribution is -0.159. The Morgan fingerprint density at radius 2 is 2.27 bits per heavy atom. The van der Waals surface area contributed by atoms with Crippen LogP contribution in [0.2, 0.25) is 0 Å². The van der Waals surface area contributed by atoms with Gasteiger partial charge < -0.3 is 25.4 Å². The first-order chi connectivity index (χ1) is 12.5. The van der Waals surface area contributed by atoms with Gasteiger partial charge in [0.1, 0.15) is 5.76 Å². The molecule has 5 rings (SSSR count). The Kier molecular flexibility index (Phi) is 3.25. The Hall–Kier alpha value is -2.05. The zero-order valence-electron chi connectivity index (χ0n) is 14.5. The average molecular weight is 357 g/mol. The molecule has 6 heteroatoms. The number of carbonyl (C=O) groups excluding carboxylic acids is 1. The summed E-state index contributed by atoms with van der Waals surface area (Å²) in [4.78, 5) is 12.0. The summed E-state index contributed by atoms with van der Waals surface area (Å²) in [5, 5.41) is 22.2. The lowest BCUT2D eigenvalue weighted by Gasteiger charge is -2.59. The van der Waals surface area contributed by atoms with Gasteiger partial charge >= 0.3 is 5.97 Å². The summed E-state index contributed by atoms with van der Waals surface area (Å²) in [5.41, 5.74) is 5.90. The first-order valence-electron chi connectivity index (χ1n) is 9.36. The van der Waals surface area contributed by atoms with E-state index in [4.69, 9.17) is 15.2 Å². The van der Waals surface area contributed by atoms with Crippen molar-refractivity contribution in [3.63, 3.8) is 0 Å². The van der Waals surface area contributed by atoms with E-state index in [2.05, 4.69) is 0 Å². The van der Waals surface area contributed by atoms with Crippen molar-refractivity contribution in [2.45, 2.75) is 55.6 Å². The molecule has 2 bridgehead atoms. The molecular weight excluding hydrogens is 334 g/mol. The van der Waals surface area contributed by atoms with Crippen molar-refractivity contribution in [3.8, 4) is 11.5 Å². The summed E-state index contributed by atoms with van der Waals surface area (Å²) in [6.45, 7) is 0.222. The molecule has 0 amide bonds. The summed E-state index contributed by atoms with van der Waals surface area (Å²) < 4.78 is 11.8. The molecule has 1 spiro atoms. The fraction of sp³-hybridized carbons (Fsp3) is 0.550. The molecule has 1 aromatic rings. The number of hydrogen-bond acceptors (Lipinski definition) is 6. The van der Waals surface area contributed by atoms with E-state index in [9.17, 15) is 15.0 Å². The predicted molar refractivity (Wildman–Crippen MR) is 92.7 cm³/mol. The number of hydrogen-bond donors (Lipinski definition) is 3. The Morgan fingerprint density at radius 1 is 1.42 bits per heavy atom. The smallest absolute Gasteiger partial charge is 0.312 e. The second-order valence-electron chi connectivity index (χ2n) is 7.96.